The third-order valence-corrected chi connectivity index (χ3v) is 1.26. The highest BCUT2D eigenvalue weighted by atomic mass is 16.5. The van der Waals surface area contributed by atoms with Crippen LogP contribution in [0.3, 0.4) is 0 Å². The van der Waals surface area contributed by atoms with Crippen molar-refractivity contribution in [3.8, 4) is 5.88 Å². The molecule has 1 aromatic rings. The molecule has 0 aliphatic heterocycles. The summed E-state index contributed by atoms with van der Waals surface area (Å²) in [4.78, 5) is 18.6. The minimum Gasteiger partial charge on any atom is -0.406 e. The summed E-state index contributed by atoms with van der Waals surface area (Å²) in [5.41, 5.74) is 1.44. The Morgan fingerprint density at radius 2 is 2.17 bits per heavy atom. The number of carbonyl (C=O) groups excluding carboxylic acids is 1. The highest BCUT2D eigenvalue weighted by Gasteiger charge is 2.04. The van der Waals surface area contributed by atoms with Crippen molar-refractivity contribution in [2.45, 2.75) is 20.8 Å². The van der Waals surface area contributed by atoms with Crippen LogP contribution in [0.1, 0.15) is 18.3 Å². The third-order valence-electron chi connectivity index (χ3n) is 1.26. The topological polar surface area (TPSA) is 52.1 Å². The predicted molar refractivity (Wildman–Crippen MR) is 42.8 cm³/mol. The lowest BCUT2D eigenvalue weighted by molar-refractivity contribution is -0.132. The van der Waals surface area contributed by atoms with Crippen molar-refractivity contribution in [3.63, 3.8) is 0 Å². The number of esters is 1. The van der Waals surface area contributed by atoms with Crippen molar-refractivity contribution in [1.29, 1.82) is 0 Å². The fourth-order valence-corrected chi connectivity index (χ4v) is 0.823. The van der Waals surface area contributed by atoms with Gasteiger partial charge in [0.15, 0.2) is 0 Å². The Morgan fingerprint density at radius 3 is 2.67 bits per heavy atom. The van der Waals surface area contributed by atoms with Crippen LogP contribution < -0.4 is 4.74 Å². The number of nitrogens with zero attached hydrogens (tertiary/aromatic N) is 2. The average molecular weight is 166 g/mol. The van der Waals surface area contributed by atoms with Crippen LogP contribution in [0.4, 0.5) is 0 Å². The van der Waals surface area contributed by atoms with Crippen LogP contribution in [0.25, 0.3) is 0 Å². The van der Waals surface area contributed by atoms with Crippen molar-refractivity contribution in [2.24, 2.45) is 0 Å². The molecule has 64 valence electrons. The van der Waals surface area contributed by atoms with Crippen molar-refractivity contribution in [3.05, 3.63) is 17.6 Å². The molecule has 0 spiro atoms. The molecule has 0 amide bonds. The quantitative estimate of drug-likeness (QED) is 0.584. The van der Waals surface area contributed by atoms with E-state index in [-0.39, 0.29) is 11.8 Å². The standard InChI is InChI=1S/C8H10N2O2/c1-5-4-9-8(6(2)10-5)12-7(3)11/h4H,1-3H3. The molecule has 0 saturated carbocycles. The maximum absolute atomic E-state index is 10.6. The first kappa shape index (κ1) is 8.64. The van der Waals surface area contributed by atoms with E-state index in [9.17, 15) is 4.79 Å². The van der Waals surface area contributed by atoms with Crippen molar-refractivity contribution < 1.29 is 9.53 Å². The Hall–Kier alpha value is -1.45. The van der Waals surface area contributed by atoms with Gasteiger partial charge in [-0.15, -0.1) is 0 Å². The van der Waals surface area contributed by atoms with E-state index in [0.29, 0.717) is 5.69 Å². The molecule has 0 radical (unpaired) electrons. The van der Waals surface area contributed by atoms with Gasteiger partial charge in [-0.3, -0.25) is 9.78 Å². The molecule has 12 heavy (non-hydrogen) atoms. The van der Waals surface area contributed by atoms with Gasteiger partial charge < -0.3 is 4.74 Å². The Morgan fingerprint density at radius 1 is 1.50 bits per heavy atom. The molecule has 1 rings (SSSR count). The Kier molecular flexibility index (Phi) is 2.38. The molecule has 1 heterocycles. The first-order valence-electron chi connectivity index (χ1n) is 3.58. The van der Waals surface area contributed by atoms with Gasteiger partial charge in [-0.25, -0.2) is 4.98 Å². The Bertz CT molecular complexity index is 310. The van der Waals surface area contributed by atoms with Gasteiger partial charge in [0.25, 0.3) is 0 Å². The summed E-state index contributed by atoms with van der Waals surface area (Å²) in [6, 6.07) is 0. The lowest BCUT2D eigenvalue weighted by atomic mass is 10.4. The predicted octanol–water partition coefficient (Wildman–Crippen LogP) is 1.02. The van der Waals surface area contributed by atoms with Crippen molar-refractivity contribution in [2.75, 3.05) is 0 Å². The highest BCUT2D eigenvalue weighted by Crippen LogP contribution is 2.10. The number of rotatable bonds is 1. The molecule has 1 aromatic heterocycles. The molecule has 0 fully saturated rings. The van der Waals surface area contributed by atoms with Gasteiger partial charge in [0, 0.05) is 6.92 Å². The number of aromatic nitrogens is 2. The molecule has 0 N–H and O–H groups in total. The second-order valence-electron chi connectivity index (χ2n) is 2.50. The minimum absolute atomic E-state index is 0.285. The normalized spacial score (nSPS) is 9.58. The minimum atomic E-state index is -0.378. The van der Waals surface area contributed by atoms with E-state index < -0.39 is 0 Å². The van der Waals surface area contributed by atoms with Crippen molar-refractivity contribution in [1.82, 2.24) is 9.97 Å². The molecule has 0 bridgehead atoms. The molecule has 0 unspecified atom stereocenters. The van der Waals surface area contributed by atoms with Crippen LogP contribution in [-0.2, 0) is 4.79 Å². The van der Waals surface area contributed by atoms with E-state index in [4.69, 9.17) is 4.74 Å². The molecule has 0 aliphatic rings. The third kappa shape index (κ3) is 2.02. The van der Waals surface area contributed by atoms with Crippen molar-refractivity contribution >= 4 is 5.97 Å². The number of ether oxygens (including phenoxy) is 1. The van der Waals surface area contributed by atoms with E-state index in [1.807, 2.05) is 6.92 Å². The second-order valence-corrected chi connectivity index (χ2v) is 2.50. The molecule has 4 nitrogen and oxygen atoms in total. The molecule has 4 heteroatoms. The van der Waals surface area contributed by atoms with Crippen LogP contribution in [0.15, 0.2) is 6.20 Å². The smallest absolute Gasteiger partial charge is 0.309 e. The molecular weight excluding hydrogens is 156 g/mol. The van der Waals surface area contributed by atoms with E-state index >= 15 is 0 Å². The maximum Gasteiger partial charge on any atom is 0.309 e. The van der Waals surface area contributed by atoms with Gasteiger partial charge >= 0.3 is 5.97 Å². The van der Waals surface area contributed by atoms with E-state index in [1.165, 1.54) is 6.92 Å². The first-order chi connectivity index (χ1) is 5.59. The fraction of sp³-hybridized carbons (Fsp3) is 0.375. The Labute approximate surface area is 70.6 Å². The number of aryl methyl sites for hydroxylation is 2. The summed E-state index contributed by atoms with van der Waals surface area (Å²) in [6.45, 7) is 4.91. The van der Waals surface area contributed by atoms with Crippen LogP contribution >= 0.6 is 0 Å². The van der Waals surface area contributed by atoms with Gasteiger partial charge in [-0.1, -0.05) is 0 Å². The largest absolute Gasteiger partial charge is 0.406 e. The average Bonchev–Trinajstić information content (AvgIpc) is 1.94. The summed E-state index contributed by atoms with van der Waals surface area (Å²) in [7, 11) is 0. The van der Waals surface area contributed by atoms with Gasteiger partial charge in [-0.2, -0.15) is 0 Å². The summed E-state index contributed by atoms with van der Waals surface area (Å²) in [5.74, 6) is -0.0932. The van der Waals surface area contributed by atoms with E-state index in [0.717, 1.165) is 5.69 Å². The zero-order valence-corrected chi connectivity index (χ0v) is 7.29. The monoisotopic (exact) mass is 166 g/mol. The summed E-state index contributed by atoms with van der Waals surface area (Å²) in [6.07, 6.45) is 1.56. The van der Waals surface area contributed by atoms with Crippen LogP contribution in [-0.4, -0.2) is 15.9 Å². The van der Waals surface area contributed by atoms with Crippen LogP contribution in [0, 0.1) is 13.8 Å². The SMILES string of the molecule is CC(=O)Oc1ncc(C)nc1C. The number of hydrogen-bond acceptors (Lipinski definition) is 4. The molecule has 0 atom stereocenters. The zero-order chi connectivity index (χ0) is 9.14. The molecular formula is C8H10N2O2. The maximum atomic E-state index is 10.6. The first-order valence-corrected chi connectivity index (χ1v) is 3.58. The van der Waals surface area contributed by atoms with E-state index in [1.54, 1.807) is 13.1 Å². The summed E-state index contributed by atoms with van der Waals surface area (Å²) < 4.78 is 4.79. The lowest BCUT2D eigenvalue weighted by Crippen LogP contribution is -2.05. The zero-order valence-electron chi connectivity index (χ0n) is 7.29. The molecule has 0 aliphatic carbocycles. The van der Waals surface area contributed by atoms with E-state index in [2.05, 4.69) is 9.97 Å². The van der Waals surface area contributed by atoms with Gasteiger partial charge in [0.2, 0.25) is 5.88 Å². The second kappa shape index (κ2) is 3.30. The fourth-order valence-electron chi connectivity index (χ4n) is 0.823. The Balaban J connectivity index is 2.93. The molecule has 0 aromatic carbocycles. The van der Waals surface area contributed by atoms with Crippen LogP contribution in [0.5, 0.6) is 5.88 Å². The number of carbonyl (C=O) groups is 1. The summed E-state index contributed by atoms with van der Waals surface area (Å²) >= 11 is 0. The highest BCUT2D eigenvalue weighted by molar-refractivity contribution is 5.68. The lowest BCUT2D eigenvalue weighted by Gasteiger charge is -2.02. The summed E-state index contributed by atoms with van der Waals surface area (Å²) in [5, 5.41) is 0. The number of hydrogen-bond donors (Lipinski definition) is 0. The molecule has 0 saturated heterocycles. The van der Waals surface area contributed by atoms with Gasteiger partial charge in [0.1, 0.15) is 5.69 Å². The van der Waals surface area contributed by atoms with Crippen LogP contribution in [0.2, 0.25) is 0 Å². The van der Waals surface area contributed by atoms with Gasteiger partial charge in [0.05, 0.1) is 11.9 Å². The van der Waals surface area contributed by atoms with Gasteiger partial charge in [-0.05, 0) is 13.8 Å².